The maximum atomic E-state index is 15.5. The van der Waals surface area contributed by atoms with E-state index in [-0.39, 0.29) is 53.0 Å². The lowest BCUT2D eigenvalue weighted by Crippen LogP contribution is -2.42. The van der Waals surface area contributed by atoms with E-state index in [2.05, 4.69) is 0 Å². The molecular weight excluding hydrogens is 440 g/mol. The molecule has 2 atom stereocenters. The normalized spacial score (nSPS) is 19.5. The highest BCUT2D eigenvalue weighted by molar-refractivity contribution is 6.34. The van der Waals surface area contributed by atoms with Gasteiger partial charge in [0.15, 0.2) is 17.2 Å². The highest BCUT2D eigenvalue weighted by Crippen LogP contribution is 2.55. The summed E-state index contributed by atoms with van der Waals surface area (Å²) in [4.78, 5) is 0. The first-order valence-corrected chi connectivity index (χ1v) is 10.4. The molecule has 0 amide bonds. The summed E-state index contributed by atoms with van der Waals surface area (Å²) in [6, 6.07) is 12.9. The summed E-state index contributed by atoms with van der Waals surface area (Å²) >= 11 is 6.34. The average Bonchev–Trinajstić information content (AvgIpc) is 3.08. The van der Waals surface area contributed by atoms with E-state index >= 15 is 4.39 Å². The van der Waals surface area contributed by atoms with Crippen LogP contribution in [-0.4, -0.2) is 30.0 Å². The highest BCUT2D eigenvalue weighted by Gasteiger charge is 2.50. The summed E-state index contributed by atoms with van der Waals surface area (Å²) < 4.78 is 41.7. The molecule has 0 fully saturated rings. The molecule has 4 rings (SSSR count). The first kappa shape index (κ1) is 22.5. The average molecular weight is 462 g/mol. The van der Waals surface area contributed by atoms with Crippen LogP contribution in [-0.2, 0) is 5.60 Å². The topological polar surface area (TPSA) is 84.9 Å². The second kappa shape index (κ2) is 8.67. The van der Waals surface area contributed by atoms with Crippen molar-refractivity contribution in [2.45, 2.75) is 18.6 Å². The summed E-state index contributed by atoms with van der Waals surface area (Å²) in [5.41, 5.74) is 5.78. The van der Waals surface area contributed by atoms with E-state index in [0.29, 0.717) is 11.1 Å². The maximum absolute atomic E-state index is 15.5. The third-order valence-electron chi connectivity index (χ3n) is 5.71. The van der Waals surface area contributed by atoms with Crippen molar-refractivity contribution in [2.75, 3.05) is 19.8 Å². The summed E-state index contributed by atoms with van der Waals surface area (Å²) in [5.74, 6) is -1.71. The lowest BCUT2D eigenvalue weighted by atomic mass is 9.83. The summed E-state index contributed by atoms with van der Waals surface area (Å²) in [5, 5.41) is 20.1. The summed E-state index contributed by atoms with van der Waals surface area (Å²) in [6.45, 7) is 1.09. The van der Waals surface area contributed by atoms with Crippen molar-refractivity contribution in [2.24, 2.45) is 5.73 Å². The Balaban J connectivity index is 1.97. The van der Waals surface area contributed by atoms with E-state index in [1.54, 1.807) is 43.3 Å². The van der Waals surface area contributed by atoms with Crippen LogP contribution in [0.2, 0.25) is 5.02 Å². The van der Waals surface area contributed by atoms with Crippen molar-refractivity contribution in [1.29, 1.82) is 0 Å². The van der Waals surface area contributed by atoms with Gasteiger partial charge in [0, 0.05) is 29.3 Å². The number of rotatable bonds is 6. The molecule has 3 aromatic carbocycles. The van der Waals surface area contributed by atoms with Gasteiger partial charge in [0.25, 0.3) is 0 Å². The number of aliphatic hydroxyl groups is 2. The van der Waals surface area contributed by atoms with Crippen molar-refractivity contribution in [1.82, 2.24) is 0 Å². The summed E-state index contributed by atoms with van der Waals surface area (Å²) in [7, 11) is 0. The Labute approximate surface area is 189 Å². The molecule has 1 heterocycles. The Morgan fingerprint density at radius 3 is 2.53 bits per heavy atom. The number of aliphatic hydroxyl groups excluding tert-OH is 2. The van der Waals surface area contributed by atoms with Crippen LogP contribution in [0, 0.1) is 18.6 Å². The van der Waals surface area contributed by atoms with Gasteiger partial charge >= 0.3 is 0 Å². The first-order chi connectivity index (χ1) is 15.4. The molecule has 1 aliphatic heterocycles. The molecular formula is C24H22ClF2NO4. The number of hydrogen-bond acceptors (Lipinski definition) is 5. The lowest BCUT2D eigenvalue weighted by Gasteiger charge is -2.31. The van der Waals surface area contributed by atoms with Crippen molar-refractivity contribution in [3.63, 3.8) is 0 Å². The van der Waals surface area contributed by atoms with Gasteiger partial charge in [-0.3, -0.25) is 0 Å². The largest absolute Gasteiger partial charge is 0.488 e. The van der Waals surface area contributed by atoms with E-state index in [4.69, 9.17) is 31.9 Å². The van der Waals surface area contributed by atoms with E-state index in [9.17, 15) is 9.50 Å². The van der Waals surface area contributed by atoms with Crippen molar-refractivity contribution in [3.05, 3.63) is 81.9 Å². The van der Waals surface area contributed by atoms with Gasteiger partial charge in [-0.2, -0.15) is 0 Å². The molecule has 0 saturated carbocycles. The number of halogens is 3. The van der Waals surface area contributed by atoms with Crippen LogP contribution >= 0.6 is 11.6 Å². The van der Waals surface area contributed by atoms with Crippen LogP contribution < -0.4 is 15.2 Å². The van der Waals surface area contributed by atoms with E-state index in [1.807, 2.05) is 0 Å². The minimum Gasteiger partial charge on any atom is -0.488 e. The number of aryl methyl sites for hydroxylation is 1. The second-order valence-corrected chi connectivity index (χ2v) is 7.94. The van der Waals surface area contributed by atoms with Crippen LogP contribution in [0.1, 0.15) is 22.8 Å². The molecule has 32 heavy (non-hydrogen) atoms. The first-order valence-electron chi connectivity index (χ1n) is 10.0. The van der Waals surface area contributed by atoms with Gasteiger partial charge in [-0.25, -0.2) is 8.78 Å². The van der Waals surface area contributed by atoms with Crippen molar-refractivity contribution >= 4 is 11.6 Å². The van der Waals surface area contributed by atoms with Crippen LogP contribution in [0.15, 0.2) is 48.5 Å². The highest BCUT2D eigenvalue weighted by atomic mass is 35.5. The van der Waals surface area contributed by atoms with Crippen LogP contribution in [0.25, 0.3) is 11.1 Å². The number of fused-ring (bicyclic) bond motifs is 1. The van der Waals surface area contributed by atoms with Gasteiger partial charge in [0.05, 0.1) is 11.6 Å². The van der Waals surface area contributed by atoms with Gasteiger partial charge in [0.1, 0.15) is 24.3 Å². The Kier molecular flexibility index (Phi) is 6.09. The van der Waals surface area contributed by atoms with Gasteiger partial charge in [0.2, 0.25) is 0 Å². The number of benzene rings is 3. The number of nitrogens with two attached hydrogens (primary N) is 1. The van der Waals surface area contributed by atoms with Crippen LogP contribution in [0.4, 0.5) is 8.78 Å². The number of ether oxygens (including phenoxy) is 2. The Hall–Kier alpha value is -2.71. The molecule has 168 valence electrons. The van der Waals surface area contributed by atoms with Gasteiger partial charge in [-0.15, -0.1) is 0 Å². The van der Waals surface area contributed by atoms with E-state index in [1.165, 1.54) is 6.07 Å². The third-order valence-corrected chi connectivity index (χ3v) is 6.08. The molecule has 1 aliphatic rings. The molecule has 3 aromatic rings. The van der Waals surface area contributed by atoms with Crippen molar-refractivity contribution in [3.8, 4) is 22.6 Å². The molecule has 5 nitrogen and oxygen atoms in total. The third kappa shape index (κ3) is 3.42. The molecule has 8 heteroatoms. The Bertz CT molecular complexity index is 1160. The monoisotopic (exact) mass is 461 g/mol. The summed E-state index contributed by atoms with van der Waals surface area (Å²) in [6.07, 6.45) is -1.35. The van der Waals surface area contributed by atoms with Crippen molar-refractivity contribution < 1.29 is 28.5 Å². The zero-order valence-corrected chi connectivity index (χ0v) is 18.0. The van der Waals surface area contributed by atoms with E-state index < -0.39 is 23.3 Å². The Morgan fingerprint density at radius 1 is 1.16 bits per heavy atom. The molecule has 0 saturated heterocycles. The standard InChI is InChI=1S/C24H22ClF2NO4/c1-13-7-8-16(31-10-9-29)22(27)18(13)20-19-17(11-15(26)21(20)25)32-24(12-28,23(19)30)14-5-3-2-4-6-14/h2-8,11,23,29-30H,9-10,12,28H2,1H3/t23-,24+/m0/s1. The van der Waals surface area contributed by atoms with Crippen LogP contribution in [0.3, 0.4) is 0 Å². The van der Waals surface area contributed by atoms with Gasteiger partial charge in [-0.05, 0) is 24.1 Å². The molecule has 0 spiro atoms. The lowest BCUT2D eigenvalue weighted by molar-refractivity contribution is -0.0256. The van der Waals surface area contributed by atoms with Gasteiger partial charge in [-0.1, -0.05) is 48.0 Å². The minimum atomic E-state index is -1.40. The SMILES string of the molecule is Cc1ccc(OCCO)c(F)c1-c1c(Cl)c(F)cc2c1[C@H](O)[C@@](CN)(c1ccccc1)O2. The van der Waals surface area contributed by atoms with E-state index in [0.717, 1.165) is 6.07 Å². The number of hydrogen-bond donors (Lipinski definition) is 3. The maximum Gasteiger partial charge on any atom is 0.176 e. The molecule has 0 aromatic heterocycles. The minimum absolute atomic E-state index is 0.0233. The Morgan fingerprint density at radius 2 is 1.88 bits per heavy atom. The fraction of sp³-hybridized carbons (Fsp3) is 0.250. The molecule has 0 bridgehead atoms. The quantitative estimate of drug-likeness (QED) is 0.511. The molecule has 0 radical (unpaired) electrons. The zero-order chi connectivity index (χ0) is 23.0. The molecule has 0 aliphatic carbocycles. The smallest absolute Gasteiger partial charge is 0.176 e. The fourth-order valence-corrected chi connectivity index (χ4v) is 4.39. The molecule has 0 unspecified atom stereocenters. The van der Waals surface area contributed by atoms with Gasteiger partial charge < -0.3 is 25.4 Å². The predicted molar refractivity (Wildman–Crippen MR) is 117 cm³/mol. The molecule has 4 N–H and O–H groups in total. The predicted octanol–water partition coefficient (Wildman–Crippen LogP) is 4.24. The van der Waals surface area contributed by atoms with Crippen LogP contribution in [0.5, 0.6) is 11.5 Å². The second-order valence-electron chi connectivity index (χ2n) is 7.57. The zero-order valence-electron chi connectivity index (χ0n) is 17.2. The fourth-order valence-electron chi connectivity index (χ4n) is 4.14.